The number of piperidine rings is 1. The molecule has 3 aliphatic rings. The lowest BCUT2D eigenvalue weighted by atomic mass is 9.76. The Kier molecular flexibility index (Phi) is 4.19. The maximum absolute atomic E-state index is 12.7. The van der Waals surface area contributed by atoms with Crippen LogP contribution in [-0.2, 0) is 16.6 Å². The molecule has 2 aromatic heterocycles. The Hall–Kier alpha value is -2.68. The number of nitrogen functional groups attached to an aromatic ring is 1. The Balaban J connectivity index is 1.41. The number of aromatic amines is 1. The topological polar surface area (TPSA) is 113 Å². The number of nitrogens with zero attached hydrogens (tertiary/aromatic N) is 5. The van der Waals surface area contributed by atoms with E-state index in [-0.39, 0.29) is 11.0 Å². The minimum atomic E-state index is -0.0142. The van der Waals surface area contributed by atoms with Gasteiger partial charge < -0.3 is 20.3 Å². The minimum Gasteiger partial charge on any atom is -0.378 e. The van der Waals surface area contributed by atoms with Crippen molar-refractivity contribution in [2.45, 2.75) is 31.1 Å². The molecule has 2 fully saturated rings. The van der Waals surface area contributed by atoms with E-state index in [4.69, 9.17) is 15.5 Å². The van der Waals surface area contributed by atoms with Gasteiger partial charge in [0.25, 0.3) is 5.56 Å². The van der Waals surface area contributed by atoms with Crippen molar-refractivity contribution in [3.05, 3.63) is 33.9 Å². The van der Waals surface area contributed by atoms with Crippen molar-refractivity contribution in [3.8, 4) is 0 Å². The molecule has 0 saturated carbocycles. The highest BCUT2D eigenvalue weighted by Crippen LogP contribution is 2.45. The summed E-state index contributed by atoms with van der Waals surface area (Å²) in [4.78, 5) is 33.4. The highest BCUT2D eigenvalue weighted by Gasteiger charge is 2.44. The molecule has 5 rings (SSSR count). The molecule has 1 aliphatic carbocycles. The maximum atomic E-state index is 12.7. The van der Waals surface area contributed by atoms with E-state index in [1.807, 2.05) is 6.07 Å². The molecule has 1 spiro atoms. The minimum absolute atomic E-state index is 0.0142. The molecular formula is C19H25N7O2. The van der Waals surface area contributed by atoms with Gasteiger partial charge in [0.05, 0.1) is 18.9 Å². The van der Waals surface area contributed by atoms with Crippen LogP contribution in [0.25, 0.3) is 0 Å². The molecule has 0 radical (unpaired) electrons. The number of morpholine rings is 1. The van der Waals surface area contributed by atoms with Crippen LogP contribution < -0.4 is 21.1 Å². The maximum Gasteiger partial charge on any atom is 0.255 e. The lowest BCUT2D eigenvalue weighted by Crippen LogP contribution is -2.43. The lowest BCUT2D eigenvalue weighted by molar-refractivity contribution is 0.122. The highest BCUT2D eigenvalue weighted by molar-refractivity contribution is 5.45. The second-order valence-electron chi connectivity index (χ2n) is 7.86. The lowest BCUT2D eigenvalue weighted by Gasteiger charge is -2.40. The van der Waals surface area contributed by atoms with Crippen molar-refractivity contribution in [3.63, 3.8) is 0 Å². The molecule has 0 amide bonds. The summed E-state index contributed by atoms with van der Waals surface area (Å²) >= 11 is 0. The second-order valence-corrected chi connectivity index (χ2v) is 7.86. The van der Waals surface area contributed by atoms with Gasteiger partial charge >= 0.3 is 0 Å². The van der Waals surface area contributed by atoms with Gasteiger partial charge in [-0.3, -0.25) is 9.78 Å². The molecular weight excluding hydrogens is 358 g/mol. The molecule has 3 N–H and O–H groups in total. The van der Waals surface area contributed by atoms with Crippen LogP contribution in [-0.4, -0.2) is 59.3 Å². The molecule has 0 unspecified atom stereocenters. The van der Waals surface area contributed by atoms with Gasteiger partial charge in [-0.05, 0) is 31.7 Å². The van der Waals surface area contributed by atoms with E-state index in [2.05, 4.69) is 24.8 Å². The SMILES string of the molecule is Nc1nccc(N2CCC3(CCc4c3nc(N3CCOCC3)[nH]c4=O)CC2)n1. The van der Waals surface area contributed by atoms with E-state index in [1.54, 1.807) is 6.20 Å². The smallest absolute Gasteiger partial charge is 0.255 e. The van der Waals surface area contributed by atoms with Crippen LogP contribution in [0, 0.1) is 0 Å². The van der Waals surface area contributed by atoms with Crippen LogP contribution in [0.15, 0.2) is 17.1 Å². The summed E-state index contributed by atoms with van der Waals surface area (Å²) in [5, 5.41) is 0. The van der Waals surface area contributed by atoms with Crippen molar-refractivity contribution in [1.82, 2.24) is 19.9 Å². The van der Waals surface area contributed by atoms with Crippen LogP contribution in [0.4, 0.5) is 17.7 Å². The molecule has 9 heteroatoms. The molecule has 0 bridgehead atoms. The van der Waals surface area contributed by atoms with Crippen LogP contribution in [0.1, 0.15) is 30.5 Å². The predicted molar refractivity (Wildman–Crippen MR) is 106 cm³/mol. The van der Waals surface area contributed by atoms with E-state index in [0.29, 0.717) is 25.1 Å². The zero-order chi connectivity index (χ0) is 19.1. The average Bonchev–Trinajstić information content (AvgIpc) is 3.08. The van der Waals surface area contributed by atoms with Crippen LogP contribution in [0.3, 0.4) is 0 Å². The van der Waals surface area contributed by atoms with Crippen molar-refractivity contribution in [1.29, 1.82) is 0 Å². The Bertz CT molecular complexity index is 930. The van der Waals surface area contributed by atoms with E-state index in [9.17, 15) is 4.79 Å². The number of ether oxygens (including phenoxy) is 1. The number of nitrogens with two attached hydrogens (primary N) is 1. The highest BCUT2D eigenvalue weighted by atomic mass is 16.5. The third-order valence-electron chi connectivity index (χ3n) is 6.37. The number of anilines is 3. The molecule has 2 aliphatic heterocycles. The summed E-state index contributed by atoms with van der Waals surface area (Å²) in [6, 6.07) is 1.90. The first-order valence-electron chi connectivity index (χ1n) is 9.94. The predicted octanol–water partition coefficient (Wildman–Crippen LogP) is 0.463. The van der Waals surface area contributed by atoms with Crippen LogP contribution in [0.2, 0.25) is 0 Å². The van der Waals surface area contributed by atoms with Crippen molar-refractivity contribution in [2.75, 3.05) is 54.9 Å². The molecule has 2 saturated heterocycles. The summed E-state index contributed by atoms with van der Waals surface area (Å²) in [6.45, 7) is 4.61. The molecule has 0 aromatic carbocycles. The normalized spacial score (nSPS) is 21.1. The standard InChI is InChI=1S/C19H25N7O2/c20-17-21-6-2-14(22-17)25-7-4-19(5-8-25)3-1-13-15(19)23-18(24-16(13)27)26-9-11-28-12-10-26/h2,6H,1,3-5,7-12H2,(H2,20,21,22)(H,23,24,27). The van der Waals surface area contributed by atoms with Gasteiger partial charge in [0.15, 0.2) is 0 Å². The second kappa shape index (κ2) is 6.73. The summed E-state index contributed by atoms with van der Waals surface area (Å²) in [5.41, 5.74) is 7.63. The van der Waals surface area contributed by atoms with E-state index in [1.165, 1.54) is 0 Å². The summed E-state index contributed by atoms with van der Waals surface area (Å²) in [7, 11) is 0. The van der Waals surface area contributed by atoms with Crippen LogP contribution >= 0.6 is 0 Å². The van der Waals surface area contributed by atoms with Crippen molar-refractivity contribution >= 4 is 17.7 Å². The van der Waals surface area contributed by atoms with Gasteiger partial charge in [0.2, 0.25) is 11.9 Å². The molecule has 28 heavy (non-hydrogen) atoms. The number of H-pyrrole nitrogens is 1. The fraction of sp³-hybridized carbons (Fsp3) is 0.579. The first kappa shape index (κ1) is 17.4. The number of rotatable bonds is 2. The van der Waals surface area contributed by atoms with E-state index < -0.39 is 0 Å². The molecule has 148 valence electrons. The third-order valence-corrected chi connectivity index (χ3v) is 6.37. The Morgan fingerprint density at radius 2 is 1.86 bits per heavy atom. The zero-order valence-electron chi connectivity index (χ0n) is 15.9. The van der Waals surface area contributed by atoms with Gasteiger partial charge in [-0.25, -0.2) is 9.97 Å². The molecule has 2 aromatic rings. The largest absolute Gasteiger partial charge is 0.378 e. The fourth-order valence-electron chi connectivity index (χ4n) is 4.75. The quantitative estimate of drug-likeness (QED) is 0.769. The van der Waals surface area contributed by atoms with Crippen LogP contribution in [0.5, 0.6) is 0 Å². The first-order valence-corrected chi connectivity index (χ1v) is 9.94. The Labute approximate surface area is 162 Å². The Morgan fingerprint density at radius 1 is 1.07 bits per heavy atom. The van der Waals surface area contributed by atoms with Gasteiger partial charge in [-0.2, -0.15) is 4.98 Å². The van der Waals surface area contributed by atoms with Gasteiger partial charge in [0.1, 0.15) is 5.82 Å². The van der Waals surface area contributed by atoms with Gasteiger partial charge in [-0.15, -0.1) is 0 Å². The number of hydrogen-bond acceptors (Lipinski definition) is 8. The Morgan fingerprint density at radius 3 is 2.61 bits per heavy atom. The number of fused-ring (bicyclic) bond motifs is 2. The first-order chi connectivity index (χ1) is 13.6. The molecule has 4 heterocycles. The average molecular weight is 383 g/mol. The molecule has 0 atom stereocenters. The van der Waals surface area contributed by atoms with Gasteiger partial charge in [0, 0.05) is 43.4 Å². The summed E-state index contributed by atoms with van der Waals surface area (Å²) in [6.07, 6.45) is 5.42. The summed E-state index contributed by atoms with van der Waals surface area (Å²) in [5.74, 6) is 1.86. The third kappa shape index (κ3) is 2.90. The fourth-order valence-corrected chi connectivity index (χ4v) is 4.75. The van der Waals surface area contributed by atoms with Crippen molar-refractivity contribution in [2.24, 2.45) is 0 Å². The summed E-state index contributed by atoms with van der Waals surface area (Å²) < 4.78 is 5.43. The monoisotopic (exact) mass is 383 g/mol. The van der Waals surface area contributed by atoms with Crippen molar-refractivity contribution < 1.29 is 4.74 Å². The van der Waals surface area contributed by atoms with E-state index in [0.717, 1.165) is 68.9 Å². The number of aromatic nitrogens is 4. The number of nitrogens with one attached hydrogen (secondary N) is 1. The van der Waals surface area contributed by atoms with Gasteiger partial charge in [-0.1, -0.05) is 0 Å². The van der Waals surface area contributed by atoms with E-state index >= 15 is 0 Å². The molecule has 9 nitrogen and oxygen atoms in total. The zero-order valence-corrected chi connectivity index (χ0v) is 15.9. The number of hydrogen-bond donors (Lipinski definition) is 2.